The maximum atomic E-state index is 13.3. The van der Waals surface area contributed by atoms with E-state index in [1.54, 1.807) is 18.2 Å². The molecule has 2 aromatic carbocycles. The molecule has 0 aliphatic carbocycles. The fraction of sp³-hybridized carbons (Fsp3) is 0.464. The van der Waals surface area contributed by atoms with Crippen LogP contribution >= 0.6 is 0 Å². The summed E-state index contributed by atoms with van der Waals surface area (Å²) in [5.41, 5.74) is 7.68. The number of carbonyl (C=O) groups excluding carboxylic acids is 2. The van der Waals surface area contributed by atoms with E-state index in [1.807, 2.05) is 45.0 Å². The lowest BCUT2D eigenvalue weighted by Crippen LogP contribution is -2.50. The lowest BCUT2D eigenvalue weighted by atomic mass is 9.88. The van der Waals surface area contributed by atoms with E-state index >= 15 is 0 Å². The summed E-state index contributed by atoms with van der Waals surface area (Å²) in [5, 5.41) is 13.3. The van der Waals surface area contributed by atoms with Gasteiger partial charge in [0, 0.05) is 23.1 Å². The van der Waals surface area contributed by atoms with Crippen molar-refractivity contribution in [3.8, 4) is 11.5 Å². The molecule has 2 aromatic rings. The van der Waals surface area contributed by atoms with Gasteiger partial charge in [-0.05, 0) is 44.0 Å². The summed E-state index contributed by atoms with van der Waals surface area (Å²) < 4.78 is 11.5. The molecule has 198 valence electrons. The molecule has 0 saturated carbocycles. The van der Waals surface area contributed by atoms with Crippen LogP contribution in [0.1, 0.15) is 74.0 Å². The number of nitrogens with one attached hydrogen (secondary N) is 1. The van der Waals surface area contributed by atoms with Crippen molar-refractivity contribution >= 4 is 17.8 Å². The zero-order valence-corrected chi connectivity index (χ0v) is 21.7. The van der Waals surface area contributed by atoms with Crippen LogP contribution in [0, 0.1) is 0 Å². The third kappa shape index (κ3) is 5.72. The Hall–Kier alpha value is -3.59. The first kappa shape index (κ1) is 26.5. The number of aliphatic hydroxyl groups is 1. The van der Waals surface area contributed by atoms with E-state index in [-0.39, 0.29) is 37.3 Å². The van der Waals surface area contributed by atoms with Gasteiger partial charge in [0.15, 0.2) is 5.96 Å². The minimum Gasteiger partial charge on any atom is -0.494 e. The molecule has 0 aromatic heterocycles. The first-order chi connectivity index (χ1) is 17.8. The maximum absolute atomic E-state index is 13.3. The highest BCUT2D eigenvalue weighted by Crippen LogP contribution is 2.33. The highest BCUT2D eigenvalue weighted by atomic mass is 16.5. The quantitative estimate of drug-likeness (QED) is 0.502. The van der Waals surface area contributed by atoms with Gasteiger partial charge >= 0.3 is 0 Å². The van der Waals surface area contributed by atoms with Gasteiger partial charge in [-0.3, -0.25) is 14.5 Å². The molecule has 4 N–H and O–H groups in total. The van der Waals surface area contributed by atoms with E-state index in [2.05, 4.69) is 10.3 Å². The lowest BCUT2D eigenvalue weighted by molar-refractivity contribution is -0.130. The van der Waals surface area contributed by atoms with Gasteiger partial charge in [0.25, 0.3) is 5.91 Å². The molecule has 2 aliphatic rings. The zero-order valence-electron chi connectivity index (χ0n) is 21.7. The number of carbonyl (C=O) groups is 2. The summed E-state index contributed by atoms with van der Waals surface area (Å²) in [6.45, 7) is 6.64. The van der Waals surface area contributed by atoms with Crippen molar-refractivity contribution in [1.82, 2.24) is 10.2 Å². The topological polar surface area (TPSA) is 126 Å². The molecule has 2 aliphatic heterocycles. The van der Waals surface area contributed by atoms with Gasteiger partial charge in [0.2, 0.25) is 5.91 Å². The SMILES string of the molecule is CCOc1ccc(C(=O)NC2CC(O)COc3ccccc32)cc1CN1C(=O)CC(CC)(CC)N=C1N. The van der Waals surface area contributed by atoms with Gasteiger partial charge in [-0.25, -0.2) is 4.99 Å². The van der Waals surface area contributed by atoms with Crippen LogP contribution < -0.4 is 20.5 Å². The molecule has 0 spiro atoms. The number of fused-ring (bicyclic) bond motifs is 1. The molecular formula is C28H36N4O5. The van der Waals surface area contributed by atoms with Crippen molar-refractivity contribution < 1.29 is 24.2 Å². The van der Waals surface area contributed by atoms with Gasteiger partial charge in [0.1, 0.15) is 18.1 Å². The molecule has 4 rings (SSSR count). The maximum Gasteiger partial charge on any atom is 0.251 e. The molecule has 9 heteroatoms. The van der Waals surface area contributed by atoms with E-state index in [0.717, 1.165) is 18.4 Å². The summed E-state index contributed by atoms with van der Waals surface area (Å²) in [7, 11) is 0. The highest BCUT2D eigenvalue weighted by Gasteiger charge is 2.37. The minimum absolute atomic E-state index is 0.0995. The van der Waals surface area contributed by atoms with Crippen molar-refractivity contribution in [3.63, 3.8) is 0 Å². The predicted octanol–water partition coefficient (Wildman–Crippen LogP) is 3.31. The number of para-hydroxylation sites is 1. The highest BCUT2D eigenvalue weighted by molar-refractivity contribution is 5.99. The predicted molar refractivity (Wildman–Crippen MR) is 140 cm³/mol. The van der Waals surface area contributed by atoms with Crippen LogP contribution in [0.15, 0.2) is 47.5 Å². The van der Waals surface area contributed by atoms with Crippen molar-refractivity contribution in [2.75, 3.05) is 13.2 Å². The Morgan fingerprint density at radius 2 is 2.00 bits per heavy atom. The molecule has 37 heavy (non-hydrogen) atoms. The molecule has 0 saturated heterocycles. The fourth-order valence-electron chi connectivity index (χ4n) is 4.92. The third-order valence-corrected chi connectivity index (χ3v) is 7.22. The number of benzene rings is 2. The Bertz CT molecular complexity index is 1180. The van der Waals surface area contributed by atoms with Gasteiger partial charge in [-0.15, -0.1) is 0 Å². The summed E-state index contributed by atoms with van der Waals surface area (Å²) in [5.74, 6) is 0.996. The van der Waals surface area contributed by atoms with Crippen LogP contribution in [0.5, 0.6) is 11.5 Å². The molecule has 0 radical (unpaired) electrons. The summed E-state index contributed by atoms with van der Waals surface area (Å²) in [4.78, 5) is 32.6. The van der Waals surface area contributed by atoms with Crippen LogP contribution in [-0.4, -0.2) is 52.6 Å². The van der Waals surface area contributed by atoms with E-state index < -0.39 is 17.7 Å². The van der Waals surface area contributed by atoms with Crippen LogP contribution in [0.25, 0.3) is 0 Å². The van der Waals surface area contributed by atoms with E-state index in [4.69, 9.17) is 15.2 Å². The number of aliphatic hydroxyl groups excluding tert-OH is 1. The van der Waals surface area contributed by atoms with Crippen LogP contribution in [0.2, 0.25) is 0 Å². The summed E-state index contributed by atoms with van der Waals surface area (Å²) >= 11 is 0. The summed E-state index contributed by atoms with van der Waals surface area (Å²) in [6.07, 6.45) is 1.37. The number of nitrogens with two attached hydrogens (primary N) is 1. The Kier molecular flexibility index (Phi) is 8.02. The Morgan fingerprint density at radius 1 is 1.24 bits per heavy atom. The number of hydrogen-bond donors (Lipinski definition) is 3. The lowest BCUT2D eigenvalue weighted by Gasteiger charge is -2.36. The number of hydrogen-bond acceptors (Lipinski definition) is 7. The van der Waals surface area contributed by atoms with E-state index in [1.165, 1.54) is 4.90 Å². The van der Waals surface area contributed by atoms with Crippen molar-refractivity contribution in [3.05, 3.63) is 59.2 Å². The number of amides is 2. The number of guanidine groups is 1. The molecule has 0 fully saturated rings. The Morgan fingerprint density at radius 3 is 2.70 bits per heavy atom. The largest absolute Gasteiger partial charge is 0.494 e. The first-order valence-corrected chi connectivity index (χ1v) is 12.9. The second-order valence-electron chi connectivity index (χ2n) is 9.58. The molecule has 2 amide bonds. The van der Waals surface area contributed by atoms with Crippen molar-refractivity contribution in [1.29, 1.82) is 0 Å². The van der Waals surface area contributed by atoms with E-state index in [9.17, 15) is 14.7 Å². The van der Waals surface area contributed by atoms with Gasteiger partial charge in [-0.1, -0.05) is 32.0 Å². The van der Waals surface area contributed by atoms with Crippen LogP contribution in [0.3, 0.4) is 0 Å². The molecule has 2 unspecified atom stereocenters. The van der Waals surface area contributed by atoms with Crippen molar-refractivity contribution in [2.45, 2.75) is 70.7 Å². The van der Waals surface area contributed by atoms with Gasteiger partial charge in [0.05, 0.1) is 37.3 Å². The van der Waals surface area contributed by atoms with Gasteiger partial charge in [-0.2, -0.15) is 0 Å². The summed E-state index contributed by atoms with van der Waals surface area (Å²) in [6, 6.07) is 12.2. The fourth-order valence-corrected chi connectivity index (χ4v) is 4.92. The van der Waals surface area contributed by atoms with Crippen LogP contribution in [-0.2, 0) is 11.3 Å². The first-order valence-electron chi connectivity index (χ1n) is 12.9. The second kappa shape index (κ2) is 11.2. The monoisotopic (exact) mass is 508 g/mol. The van der Waals surface area contributed by atoms with Crippen LogP contribution in [0.4, 0.5) is 0 Å². The Labute approximate surface area is 217 Å². The molecule has 2 atom stereocenters. The van der Waals surface area contributed by atoms with Gasteiger partial charge < -0.3 is 25.6 Å². The standard InChI is InChI=1S/C28H36N4O5/c1-4-28(5-2)15-25(34)32(27(29)31-28)16-19-13-18(11-12-23(19)36-6-3)26(35)30-22-14-20(33)17-37-24-10-8-7-9-21(22)24/h7-13,20,22,33H,4-6,14-17H2,1-3H3,(H2,29,31)(H,30,35). The molecule has 2 heterocycles. The average molecular weight is 509 g/mol. The number of ether oxygens (including phenoxy) is 2. The smallest absolute Gasteiger partial charge is 0.251 e. The average Bonchev–Trinajstić information content (AvgIpc) is 3.05. The number of rotatable bonds is 8. The normalized spacial score (nSPS) is 20.8. The molecular weight excluding hydrogens is 472 g/mol. The Balaban J connectivity index is 1.60. The third-order valence-electron chi connectivity index (χ3n) is 7.22. The van der Waals surface area contributed by atoms with Crippen molar-refractivity contribution in [2.24, 2.45) is 10.7 Å². The second-order valence-corrected chi connectivity index (χ2v) is 9.58. The zero-order chi connectivity index (χ0) is 26.6. The molecule has 0 bridgehead atoms. The van der Waals surface area contributed by atoms with E-state index in [0.29, 0.717) is 35.7 Å². The molecule has 9 nitrogen and oxygen atoms in total. The number of aliphatic imine (C=N–C) groups is 1. The number of nitrogens with zero attached hydrogens (tertiary/aromatic N) is 2. The minimum atomic E-state index is -0.709.